The molecule has 0 aliphatic rings. The zero-order valence-corrected chi connectivity index (χ0v) is 12.2. The molecule has 0 atom stereocenters. The van der Waals surface area contributed by atoms with Gasteiger partial charge in [0.05, 0.1) is 10.0 Å². The fourth-order valence-electron chi connectivity index (χ4n) is 1.79. The minimum absolute atomic E-state index is 0.404. The van der Waals surface area contributed by atoms with Crippen LogP contribution in [0.15, 0.2) is 43.2 Å². The van der Waals surface area contributed by atoms with Crippen molar-refractivity contribution in [3.05, 3.63) is 53.3 Å². The summed E-state index contributed by atoms with van der Waals surface area (Å²) in [5.74, 6) is 1.03. The van der Waals surface area contributed by atoms with Crippen molar-refractivity contribution in [1.82, 2.24) is 19.5 Å². The minimum atomic E-state index is 0.404. The number of nitrogens with two attached hydrogens (primary N) is 1. The quantitative estimate of drug-likeness (QED) is 0.773. The first kappa shape index (κ1) is 13.7. The van der Waals surface area contributed by atoms with Crippen LogP contribution in [0.5, 0.6) is 0 Å². The summed E-state index contributed by atoms with van der Waals surface area (Å²) in [6.07, 6.45) is 6.43. The van der Waals surface area contributed by atoms with E-state index in [0.29, 0.717) is 27.4 Å². The summed E-state index contributed by atoms with van der Waals surface area (Å²) in [6, 6.07) is 5.18. The van der Waals surface area contributed by atoms with Gasteiger partial charge in [-0.05, 0) is 18.2 Å². The maximum atomic E-state index is 6.10. The van der Waals surface area contributed by atoms with Crippen LogP contribution in [0.2, 0.25) is 10.0 Å². The summed E-state index contributed by atoms with van der Waals surface area (Å²) in [5.41, 5.74) is 7.23. The molecular formula is C13H10Cl2N6. The highest BCUT2D eigenvalue weighted by atomic mass is 35.5. The normalized spacial score (nSPS) is 10.6. The van der Waals surface area contributed by atoms with Crippen LogP contribution in [-0.2, 0) is 0 Å². The third-order valence-electron chi connectivity index (χ3n) is 2.79. The van der Waals surface area contributed by atoms with Crippen molar-refractivity contribution in [3.63, 3.8) is 0 Å². The molecule has 6 nitrogen and oxygen atoms in total. The Hall–Kier alpha value is -2.31. The summed E-state index contributed by atoms with van der Waals surface area (Å²) in [7, 11) is 0. The van der Waals surface area contributed by atoms with Gasteiger partial charge in [0.1, 0.15) is 18.3 Å². The number of hydrogen-bond donors (Lipinski definition) is 2. The number of halogens is 2. The molecule has 0 bridgehead atoms. The van der Waals surface area contributed by atoms with E-state index in [1.807, 2.05) is 0 Å². The lowest BCUT2D eigenvalue weighted by Crippen LogP contribution is -2.06. The summed E-state index contributed by atoms with van der Waals surface area (Å²) >= 11 is 11.9. The second-order valence-corrected chi connectivity index (χ2v) is 5.00. The van der Waals surface area contributed by atoms with Crippen LogP contribution >= 0.6 is 23.2 Å². The lowest BCUT2D eigenvalue weighted by Gasteiger charge is -2.11. The van der Waals surface area contributed by atoms with E-state index in [1.54, 1.807) is 41.5 Å². The van der Waals surface area contributed by atoms with Crippen LogP contribution in [0.1, 0.15) is 0 Å². The summed E-state index contributed by atoms with van der Waals surface area (Å²) < 4.78 is 1.71. The zero-order chi connectivity index (χ0) is 14.8. The van der Waals surface area contributed by atoms with Gasteiger partial charge in [-0.25, -0.2) is 15.0 Å². The summed E-state index contributed by atoms with van der Waals surface area (Å²) in [6.45, 7) is 0. The Morgan fingerprint density at radius 2 is 2.00 bits per heavy atom. The maximum Gasteiger partial charge on any atom is 0.166 e. The lowest BCUT2D eigenvalue weighted by molar-refractivity contribution is 0.977. The second-order valence-electron chi connectivity index (χ2n) is 4.18. The van der Waals surface area contributed by atoms with Gasteiger partial charge >= 0.3 is 0 Å². The predicted octanol–water partition coefficient (Wildman–Crippen LogP) is 3.29. The summed E-state index contributed by atoms with van der Waals surface area (Å²) in [5, 5.41) is 4.02. The molecule has 1 aromatic carbocycles. The largest absolute Gasteiger partial charge is 0.393 e. The van der Waals surface area contributed by atoms with E-state index in [9.17, 15) is 0 Å². The molecular weight excluding hydrogens is 311 g/mol. The van der Waals surface area contributed by atoms with E-state index in [1.165, 1.54) is 6.33 Å². The van der Waals surface area contributed by atoms with E-state index in [0.717, 1.165) is 5.69 Å². The van der Waals surface area contributed by atoms with Crippen molar-refractivity contribution in [3.8, 4) is 5.82 Å². The lowest BCUT2D eigenvalue weighted by atomic mass is 10.3. The van der Waals surface area contributed by atoms with Gasteiger partial charge in [0, 0.05) is 18.1 Å². The number of nitrogens with one attached hydrogen (secondary N) is 1. The molecule has 0 amide bonds. The fourth-order valence-corrected chi connectivity index (χ4v) is 2.08. The monoisotopic (exact) mass is 320 g/mol. The number of benzene rings is 1. The van der Waals surface area contributed by atoms with Gasteiger partial charge in [0.25, 0.3) is 0 Å². The molecule has 3 aromatic rings. The third-order valence-corrected chi connectivity index (χ3v) is 3.53. The number of rotatable bonds is 3. The van der Waals surface area contributed by atoms with E-state index < -0.39 is 0 Å². The van der Waals surface area contributed by atoms with E-state index in [-0.39, 0.29) is 0 Å². The zero-order valence-electron chi connectivity index (χ0n) is 10.7. The van der Waals surface area contributed by atoms with Crippen LogP contribution in [0, 0.1) is 0 Å². The van der Waals surface area contributed by atoms with E-state index >= 15 is 0 Å². The first-order valence-corrected chi connectivity index (χ1v) is 6.71. The highest BCUT2D eigenvalue weighted by Gasteiger charge is 2.10. The minimum Gasteiger partial charge on any atom is -0.393 e. The number of imidazole rings is 1. The molecule has 0 radical (unpaired) electrons. The average Bonchev–Trinajstić information content (AvgIpc) is 2.99. The molecule has 3 rings (SSSR count). The highest BCUT2D eigenvalue weighted by Crippen LogP contribution is 2.29. The van der Waals surface area contributed by atoms with Crippen LogP contribution in [0.25, 0.3) is 5.82 Å². The molecule has 106 valence electrons. The molecule has 0 aliphatic heterocycles. The standard InChI is InChI=1S/C13H10Cl2N6/c14-9-2-1-8(5-10(9)15)20-12-11(16)13(19-6-18-12)21-4-3-17-7-21/h1-7H,16H2,(H,18,19,20). The van der Waals surface area contributed by atoms with Gasteiger partial charge in [-0.3, -0.25) is 4.57 Å². The van der Waals surface area contributed by atoms with Crippen molar-refractivity contribution in [2.24, 2.45) is 0 Å². The van der Waals surface area contributed by atoms with Crippen LogP contribution in [0.4, 0.5) is 17.2 Å². The molecule has 0 fully saturated rings. The van der Waals surface area contributed by atoms with E-state index in [2.05, 4.69) is 20.3 Å². The Bertz CT molecular complexity index is 772. The van der Waals surface area contributed by atoms with Gasteiger partial charge in [-0.2, -0.15) is 0 Å². The average molecular weight is 321 g/mol. The molecule has 0 spiro atoms. The maximum absolute atomic E-state index is 6.10. The topological polar surface area (TPSA) is 81.6 Å². The van der Waals surface area contributed by atoms with Crippen molar-refractivity contribution in [2.45, 2.75) is 0 Å². The smallest absolute Gasteiger partial charge is 0.166 e. The van der Waals surface area contributed by atoms with Crippen LogP contribution < -0.4 is 11.1 Å². The van der Waals surface area contributed by atoms with Crippen molar-refractivity contribution in [1.29, 1.82) is 0 Å². The Morgan fingerprint density at radius 1 is 1.14 bits per heavy atom. The molecule has 2 aromatic heterocycles. The number of nitrogens with zero attached hydrogens (tertiary/aromatic N) is 4. The van der Waals surface area contributed by atoms with Crippen molar-refractivity contribution in [2.75, 3.05) is 11.1 Å². The number of hydrogen-bond acceptors (Lipinski definition) is 5. The Labute approximate surface area is 130 Å². The number of anilines is 3. The Kier molecular flexibility index (Phi) is 3.64. The molecule has 0 saturated carbocycles. The molecule has 21 heavy (non-hydrogen) atoms. The molecule has 0 aliphatic carbocycles. The van der Waals surface area contributed by atoms with Crippen molar-refractivity contribution >= 4 is 40.4 Å². The Morgan fingerprint density at radius 3 is 2.71 bits per heavy atom. The molecule has 2 heterocycles. The van der Waals surface area contributed by atoms with E-state index in [4.69, 9.17) is 28.9 Å². The molecule has 3 N–H and O–H groups in total. The Balaban J connectivity index is 1.96. The predicted molar refractivity (Wildman–Crippen MR) is 83.3 cm³/mol. The fraction of sp³-hybridized carbons (Fsp3) is 0. The van der Waals surface area contributed by atoms with Crippen molar-refractivity contribution < 1.29 is 0 Å². The third kappa shape index (κ3) is 2.76. The number of nitrogen functional groups attached to an aromatic ring is 1. The molecule has 8 heteroatoms. The van der Waals surface area contributed by atoms with Crippen LogP contribution in [-0.4, -0.2) is 19.5 Å². The molecule has 0 saturated heterocycles. The SMILES string of the molecule is Nc1c(Nc2ccc(Cl)c(Cl)c2)ncnc1-n1ccnc1. The highest BCUT2D eigenvalue weighted by molar-refractivity contribution is 6.42. The van der Waals surface area contributed by atoms with Crippen LogP contribution in [0.3, 0.4) is 0 Å². The first-order valence-electron chi connectivity index (χ1n) is 5.96. The molecule has 0 unspecified atom stereocenters. The van der Waals surface area contributed by atoms with Gasteiger partial charge < -0.3 is 11.1 Å². The first-order chi connectivity index (χ1) is 10.1. The van der Waals surface area contributed by atoms with Gasteiger partial charge in [-0.15, -0.1) is 0 Å². The van der Waals surface area contributed by atoms with Gasteiger partial charge in [0.15, 0.2) is 11.6 Å². The van der Waals surface area contributed by atoms with Gasteiger partial charge in [-0.1, -0.05) is 23.2 Å². The number of aromatic nitrogens is 4. The van der Waals surface area contributed by atoms with Gasteiger partial charge in [0.2, 0.25) is 0 Å². The second kappa shape index (κ2) is 5.59. The summed E-state index contributed by atoms with van der Waals surface area (Å²) in [4.78, 5) is 12.3.